The van der Waals surface area contributed by atoms with Crippen LogP contribution in [0.25, 0.3) is 10.8 Å². The van der Waals surface area contributed by atoms with Gasteiger partial charge in [0.2, 0.25) is 5.88 Å². The second kappa shape index (κ2) is 7.40. The van der Waals surface area contributed by atoms with Gasteiger partial charge in [0.25, 0.3) is 5.56 Å². The number of aromatic hydroxyl groups is 2. The lowest BCUT2D eigenvalue weighted by Gasteiger charge is -2.13. The third-order valence-corrected chi connectivity index (χ3v) is 4.57. The van der Waals surface area contributed by atoms with Crippen LogP contribution >= 0.6 is 0 Å². The maximum absolute atomic E-state index is 12.9. The minimum absolute atomic E-state index is 0.130. The Morgan fingerprint density at radius 1 is 0.821 bits per heavy atom. The molecule has 0 fully saturated rings. The second-order valence-corrected chi connectivity index (χ2v) is 6.43. The Morgan fingerprint density at radius 2 is 1.46 bits per heavy atom. The van der Waals surface area contributed by atoms with E-state index in [4.69, 9.17) is 0 Å². The summed E-state index contributed by atoms with van der Waals surface area (Å²) in [6.45, 7) is 0.260. The quantitative estimate of drug-likeness (QED) is 0.529. The number of phenolic OH excluding ortho intramolecular Hbond substituents is 1. The number of phenols is 1. The Balaban J connectivity index is 1.87. The summed E-state index contributed by atoms with van der Waals surface area (Å²) in [5.74, 6) is 0.0266. The van der Waals surface area contributed by atoms with Crippen molar-refractivity contribution in [3.8, 4) is 11.6 Å². The molecule has 0 radical (unpaired) electrons. The minimum atomic E-state index is -0.251. The number of hydrogen-bond donors (Lipinski definition) is 2. The van der Waals surface area contributed by atoms with Crippen LogP contribution in [-0.2, 0) is 6.54 Å². The van der Waals surface area contributed by atoms with Crippen molar-refractivity contribution in [2.45, 2.75) is 6.54 Å². The van der Waals surface area contributed by atoms with Crippen LogP contribution in [0.5, 0.6) is 11.6 Å². The highest BCUT2D eigenvalue weighted by Gasteiger charge is 2.15. The number of rotatable bonds is 4. The maximum atomic E-state index is 12.9. The highest BCUT2D eigenvalue weighted by atomic mass is 16.3. The first-order chi connectivity index (χ1) is 13.6. The van der Waals surface area contributed by atoms with E-state index in [1.807, 2.05) is 36.4 Å². The van der Waals surface area contributed by atoms with E-state index in [-0.39, 0.29) is 23.7 Å². The Bertz CT molecular complexity index is 1210. The molecule has 0 spiro atoms. The van der Waals surface area contributed by atoms with E-state index in [0.29, 0.717) is 22.0 Å². The van der Waals surface area contributed by atoms with Crippen LogP contribution in [0, 0.1) is 0 Å². The molecule has 0 aliphatic rings. The summed E-state index contributed by atoms with van der Waals surface area (Å²) < 4.78 is 1.36. The van der Waals surface area contributed by atoms with Crippen molar-refractivity contribution in [1.82, 2.24) is 4.57 Å². The molecule has 5 nitrogen and oxygen atoms in total. The van der Waals surface area contributed by atoms with Gasteiger partial charge in [-0.15, -0.1) is 0 Å². The summed E-state index contributed by atoms with van der Waals surface area (Å²) >= 11 is 0. The zero-order valence-corrected chi connectivity index (χ0v) is 15.0. The van der Waals surface area contributed by atoms with E-state index >= 15 is 0 Å². The third kappa shape index (κ3) is 3.38. The second-order valence-electron chi connectivity index (χ2n) is 6.43. The molecular weight excluding hydrogens is 352 g/mol. The zero-order chi connectivity index (χ0) is 19.5. The van der Waals surface area contributed by atoms with E-state index < -0.39 is 0 Å². The van der Waals surface area contributed by atoms with Crippen LogP contribution in [0.2, 0.25) is 0 Å². The van der Waals surface area contributed by atoms with Crippen LogP contribution in [0.3, 0.4) is 0 Å². The molecule has 0 bridgehead atoms. The molecule has 1 aromatic heterocycles. The van der Waals surface area contributed by atoms with Crippen LogP contribution in [0.15, 0.2) is 88.6 Å². The van der Waals surface area contributed by atoms with Gasteiger partial charge in [-0.2, -0.15) is 0 Å². The number of nitrogens with zero attached hydrogens (tertiary/aromatic N) is 2. The molecular formula is C23H18N2O3. The lowest BCUT2D eigenvalue weighted by molar-refractivity contribution is 0.416. The van der Waals surface area contributed by atoms with Crippen molar-refractivity contribution >= 4 is 22.7 Å². The molecule has 28 heavy (non-hydrogen) atoms. The summed E-state index contributed by atoms with van der Waals surface area (Å²) in [4.78, 5) is 17.3. The van der Waals surface area contributed by atoms with E-state index in [9.17, 15) is 15.0 Å². The first-order valence-electron chi connectivity index (χ1n) is 8.85. The molecule has 0 saturated carbocycles. The molecule has 0 atom stereocenters. The van der Waals surface area contributed by atoms with Gasteiger partial charge in [-0.1, -0.05) is 48.5 Å². The SMILES string of the molecule is O=c1c2ccccc2c(C=Nc2ccc(O)cc2)c(O)n1Cc1ccccc1. The van der Waals surface area contributed by atoms with E-state index in [1.54, 1.807) is 48.7 Å². The van der Waals surface area contributed by atoms with E-state index in [1.165, 1.54) is 4.57 Å². The fourth-order valence-corrected chi connectivity index (χ4v) is 3.13. The van der Waals surface area contributed by atoms with Gasteiger partial charge in [-0.25, -0.2) is 0 Å². The van der Waals surface area contributed by atoms with Gasteiger partial charge in [-0.3, -0.25) is 14.4 Å². The summed E-state index contributed by atoms with van der Waals surface area (Å²) in [6.07, 6.45) is 1.55. The largest absolute Gasteiger partial charge is 0.508 e. The van der Waals surface area contributed by atoms with Crippen molar-refractivity contribution < 1.29 is 10.2 Å². The first-order valence-corrected chi connectivity index (χ1v) is 8.85. The number of aromatic nitrogens is 1. The lowest BCUT2D eigenvalue weighted by Crippen LogP contribution is -2.22. The van der Waals surface area contributed by atoms with Crippen LogP contribution < -0.4 is 5.56 Å². The molecule has 138 valence electrons. The van der Waals surface area contributed by atoms with E-state index in [0.717, 1.165) is 5.56 Å². The lowest BCUT2D eigenvalue weighted by atomic mass is 10.1. The van der Waals surface area contributed by atoms with Gasteiger partial charge >= 0.3 is 0 Å². The van der Waals surface area contributed by atoms with Crippen molar-refractivity contribution in [2.24, 2.45) is 4.99 Å². The smallest absolute Gasteiger partial charge is 0.261 e. The standard InChI is InChI=1S/C23H18N2O3/c26-18-12-10-17(11-13-18)24-14-21-19-8-4-5-9-20(19)22(27)25(23(21)28)15-16-6-2-1-3-7-16/h1-14,26,28H,15H2. The average Bonchev–Trinajstić information content (AvgIpc) is 2.73. The monoisotopic (exact) mass is 370 g/mol. The Labute approximate surface area is 161 Å². The molecule has 0 aliphatic heterocycles. The van der Waals surface area contributed by atoms with Gasteiger partial charge in [0.1, 0.15) is 5.75 Å². The number of benzene rings is 3. The van der Waals surface area contributed by atoms with Gasteiger partial charge < -0.3 is 10.2 Å². The van der Waals surface area contributed by atoms with Gasteiger partial charge in [0.05, 0.1) is 17.8 Å². The Morgan fingerprint density at radius 3 is 2.18 bits per heavy atom. The fourth-order valence-electron chi connectivity index (χ4n) is 3.13. The highest BCUT2D eigenvalue weighted by molar-refractivity contribution is 6.02. The molecule has 0 aliphatic carbocycles. The molecule has 0 saturated heterocycles. The van der Waals surface area contributed by atoms with Crippen LogP contribution in [0.4, 0.5) is 5.69 Å². The normalized spacial score (nSPS) is 11.3. The summed E-state index contributed by atoms with van der Waals surface area (Å²) in [5, 5.41) is 21.4. The van der Waals surface area contributed by atoms with Gasteiger partial charge in [0, 0.05) is 17.0 Å². The number of hydrogen-bond acceptors (Lipinski definition) is 4. The number of aliphatic imine (C=N–C) groups is 1. The molecule has 4 aromatic rings. The molecule has 0 unspecified atom stereocenters. The van der Waals surface area contributed by atoms with Crippen LogP contribution in [0.1, 0.15) is 11.1 Å². The molecule has 3 aromatic carbocycles. The number of pyridine rings is 1. The van der Waals surface area contributed by atoms with Crippen molar-refractivity contribution in [3.05, 3.63) is 100 Å². The molecule has 2 N–H and O–H groups in total. The topological polar surface area (TPSA) is 74.8 Å². The minimum Gasteiger partial charge on any atom is -0.508 e. The molecule has 4 rings (SSSR count). The summed E-state index contributed by atoms with van der Waals surface area (Å²) in [7, 11) is 0. The average molecular weight is 370 g/mol. The third-order valence-electron chi connectivity index (χ3n) is 4.57. The van der Waals surface area contributed by atoms with Crippen molar-refractivity contribution in [3.63, 3.8) is 0 Å². The Kier molecular flexibility index (Phi) is 4.64. The molecule has 1 heterocycles. The highest BCUT2D eigenvalue weighted by Crippen LogP contribution is 2.25. The first kappa shape index (κ1) is 17.5. The summed E-state index contributed by atoms with van der Waals surface area (Å²) in [5.41, 5.74) is 1.76. The zero-order valence-electron chi connectivity index (χ0n) is 15.0. The fraction of sp³-hybridized carbons (Fsp3) is 0.0435. The predicted octanol–water partition coefficient (Wildman–Crippen LogP) is 4.21. The predicted molar refractivity (Wildman–Crippen MR) is 111 cm³/mol. The van der Waals surface area contributed by atoms with Crippen molar-refractivity contribution in [1.29, 1.82) is 0 Å². The van der Waals surface area contributed by atoms with Crippen LogP contribution in [-0.4, -0.2) is 21.0 Å². The van der Waals surface area contributed by atoms with Gasteiger partial charge in [0.15, 0.2) is 0 Å². The van der Waals surface area contributed by atoms with E-state index in [2.05, 4.69) is 4.99 Å². The van der Waals surface area contributed by atoms with Crippen molar-refractivity contribution in [2.75, 3.05) is 0 Å². The van der Waals surface area contributed by atoms with Gasteiger partial charge in [-0.05, 0) is 35.9 Å². The Hall–Kier alpha value is -3.86. The molecule has 5 heteroatoms. The number of fused-ring (bicyclic) bond motifs is 1. The summed E-state index contributed by atoms with van der Waals surface area (Å²) in [6, 6.07) is 23.1. The maximum Gasteiger partial charge on any atom is 0.261 e. The molecule has 0 amide bonds.